The molecular weight excluding hydrogens is 446 g/mol. The number of allylic oxidation sites excluding steroid dienone is 1. The van der Waals surface area contributed by atoms with E-state index in [9.17, 15) is 4.79 Å². The third-order valence-corrected chi connectivity index (χ3v) is 6.61. The van der Waals surface area contributed by atoms with Gasteiger partial charge in [0.25, 0.3) is 5.91 Å². The summed E-state index contributed by atoms with van der Waals surface area (Å²) >= 11 is 0. The molecule has 0 saturated heterocycles. The summed E-state index contributed by atoms with van der Waals surface area (Å²) < 4.78 is 2.04. The van der Waals surface area contributed by atoms with Crippen molar-refractivity contribution >= 4 is 17.4 Å². The minimum Gasteiger partial charge on any atom is -0.348 e. The number of aliphatic imine (C=N–C) groups is 1. The van der Waals surface area contributed by atoms with Crippen LogP contribution in [0.25, 0.3) is 5.70 Å². The molecule has 2 N–H and O–H groups in total. The Morgan fingerprint density at radius 2 is 1.94 bits per heavy atom. The summed E-state index contributed by atoms with van der Waals surface area (Å²) in [7, 11) is 0. The second-order valence-electron chi connectivity index (χ2n) is 10.9. The number of hydrogen-bond donors (Lipinski definition) is 2. The molecular formula is C30H47N5O. The van der Waals surface area contributed by atoms with Crippen molar-refractivity contribution in [2.45, 2.75) is 85.6 Å². The van der Waals surface area contributed by atoms with Crippen LogP contribution in [0.4, 0.5) is 0 Å². The van der Waals surface area contributed by atoms with Crippen LogP contribution in [0.5, 0.6) is 0 Å². The van der Waals surface area contributed by atoms with Gasteiger partial charge in [-0.2, -0.15) is 0 Å². The SMILES string of the molecule is C/C=C(/CNC(=O)c1ccn(C(C)(C)C)c1)NC1=NC(c2cccc(C)n2)=CC1.CC1CCCCC1.[HH].[HH]. The number of aryl methyl sites for hydroxylation is 1. The molecule has 2 aliphatic rings. The van der Waals surface area contributed by atoms with Crippen molar-refractivity contribution in [1.82, 2.24) is 20.2 Å². The maximum atomic E-state index is 12.5. The van der Waals surface area contributed by atoms with Crippen LogP contribution in [0.2, 0.25) is 0 Å². The summed E-state index contributed by atoms with van der Waals surface area (Å²) in [5, 5.41) is 6.30. The molecule has 0 bridgehead atoms. The summed E-state index contributed by atoms with van der Waals surface area (Å²) in [6.07, 6.45) is 16.0. The quantitative estimate of drug-likeness (QED) is 0.467. The van der Waals surface area contributed by atoms with Crippen LogP contribution in [-0.4, -0.2) is 27.8 Å². The zero-order chi connectivity index (χ0) is 26.1. The van der Waals surface area contributed by atoms with Crippen LogP contribution in [-0.2, 0) is 5.54 Å². The zero-order valence-corrected chi connectivity index (χ0v) is 22.9. The smallest absolute Gasteiger partial charge is 0.253 e. The van der Waals surface area contributed by atoms with E-state index in [1.54, 1.807) is 0 Å². The van der Waals surface area contributed by atoms with Gasteiger partial charge >= 0.3 is 0 Å². The van der Waals surface area contributed by atoms with Crippen LogP contribution in [0, 0.1) is 12.8 Å². The highest BCUT2D eigenvalue weighted by Gasteiger charge is 2.16. The van der Waals surface area contributed by atoms with Gasteiger partial charge in [-0.3, -0.25) is 9.78 Å². The molecule has 1 fully saturated rings. The first-order valence-electron chi connectivity index (χ1n) is 13.3. The van der Waals surface area contributed by atoms with Crippen molar-refractivity contribution in [3.05, 3.63) is 71.5 Å². The van der Waals surface area contributed by atoms with Crippen LogP contribution >= 0.6 is 0 Å². The fraction of sp³-hybridized carbons (Fsp3) is 0.500. The van der Waals surface area contributed by atoms with Gasteiger partial charge in [-0.25, -0.2) is 4.99 Å². The Kier molecular flexibility index (Phi) is 9.68. The number of pyridine rings is 1. The molecule has 6 nitrogen and oxygen atoms in total. The number of amides is 1. The van der Waals surface area contributed by atoms with Gasteiger partial charge in [0, 0.05) is 38.6 Å². The molecule has 1 saturated carbocycles. The van der Waals surface area contributed by atoms with E-state index in [-0.39, 0.29) is 14.3 Å². The molecule has 0 radical (unpaired) electrons. The molecule has 198 valence electrons. The number of rotatable bonds is 5. The predicted molar refractivity (Wildman–Crippen MR) is 154 cm³/mol. The van der Waals surface area contributed by atoms with Gasteiger partial charge in [0.1, 0.15) is 5.84 Å². The van der Waals surface area contributed by atoms with Crippen LogP contribution in [0.15, 0.2) is 59.5 Å². The van der Waals surface area contributed by atoms with Gasteiger partial charge in [-0.15, -0.1) is 0 Å². The molecule has 3 heterocycles. The Bertz CT molecular complexity index is 1120. The Labute approximate surface area is 220 Å². The monoisotopic (exact) mass is 493 g/mol. The number of carbonyl (C=O) groups is 1. The van der Waals surface area contributed by atoms with Crippen LogP contribution in [0.3, 0.4) is 0 Å². The normalized spacial score (nSPS) is 16.6. The van der Waals surface area contributed by atoms with E-state index in [1.165, 1.54) is 32.1 Å². The predicted octanol–water partition coefficient (Wildman–Crippen LogP) is 7.09. The topological polar surface area (TPSA) is 71.3 Å². The van der Waals surface area contributed by atoms with Crippen molar-refractivity contribution in [3.8, 4) is 0 Å². The third-order valence-electron chi connectivity index (χ3n) is 6.61. The summed E-state index contributed by atoms with van der Waals surface area (Å²) in [5.74, 6) is 1.79. The average Bonchev–Trinajstić information content (AvgIpc) is 3.53. The standard InChI is InChI=1S/C23H29N5O.C7H14.2H2/c1-6-18(14-24-22(29)17-12-13-28(15-17)23(3,4)5)26-21-11-10-20(27-21)19-9-7-8-16(2)25-19;1-7-5-3-2-4-6-7;;/h6-10,12-13,15H,11,14H2,1-5H3,(H,24,29)(H,26,27);7H,2-6H2,1H3;2*1H/b18-6-;;;. The summed E-state index contributed by atoms with van der Waals surface area (Å²) in [5.41, 5.74) is 4.23. The van der Waals surface area contributed by atoms with E-state index in [2.05, 4.69) is 54.4 Å². The van der Waals surface area contributed by atoms with E-state index in [1.807, 2.05) is 61.1 Å². The molecule has 0 spiro atoms. The van der Waals surface area contributed by atoms with E-state index < -0.39 is 0 Å². The number of hydrogen-bond acceptors (Lipinski definition) is 4. The Hall–Kier alpha value is -3.15. The number of amidine groups is 1. The molecule has 6 heteroatoms. The van der Waals surface area contributed by atoms with Crippen LogP contribution < -0.4 is 10.6 Å². The molecule has 0 aromatic carbocycles. The lowest BCUT2D eigenvalue weighted by Gasteiger charge is -2.20. The summed E-state index contributed by atoms with van der Waals surface area (Å²) in [4.78, 5) is 21.7. The first-order chi connectivity index (χ1) is 17.2. The lowest BCUT2D eigenvalue weighted by Crippen LogP contribution is -2.32. The maximum Gasteiger partial charge on any atom is 0.253 e. The lowest BCUT2D eigenvalue weighted by molar-refractivity contribution is 0.0956. The third kappa shape index (κ3) is 8.21. The molecule has 36 heavy (non-hydrogen) atoms. The number of aromatic nitrogens is 2. The first kappa shape index (κ1) is 27.4. The van der Waals surface area contributed by atoms with E-state index in [4.69, 9.17) is 0 Å². The van der Waals surface area contributed by atoms with Gasteiger partial charge < -0.3 is 15.2 Å². The second-order valence-corrected chi connectivity index (χ2v) is 10.9. The van der Waals surface area contributed by atoms with Crippen molar-refractivity contribution in [2.24, 2.45) is 10.9 Å². The molecule has 1 amide bonds. The largest absolute Gasteiger partial charge is 0.348 e. The molecule has 4 rings (SSSR count). The maximum absolute atomic E-state index is 12.5. The highest BCUT2D eigenvalue weighted by Crippen LogP contribution is 2.22. The Morgan fingerprint density at radius 1 is 1.19 bits per heavy atom. The van der Waals surface area contributed by atoms with Gasteiger partial charge in [-0.1, -0.05) is 51.2 Å². The van der Waals surface area contributed by atoms with E-state index in [0.29, 0.717) is 18.5 Å². The number of carbonyl (C=O) groups excluding carboxylic acids is 1. The fourth-order valence-electron chi connectivity index (χ4n) is 4.29. The highest BCUT2D eigenvalue weighted by atomic mass is 16.1. The molecule has 1 aliphatic heterocycles. The van der Waals surface area contributed by atoms with E-state index in [0.717, 1.165) is 34.5 Å². The second kappa shape index (κ2) is 12.7. The van der Waals surface area contributed by atoms with Gasteiger partial charge in [0.05, 0.1) is 23.5 Å². The van der Waals surface area contributed by atoms with Crippen LogP contribution in [0.1, 0.15) is 97.7 Å². The molecule has 1 aliphatic carbocycles. The molecule has 0 atom stereocenters. The van der Waals surface area contributed by atoms with Gasteiger partial charge in [-0.05, 0) is 64.8 Å². The molecule has 0 unspecified atom stereocenters. The summed E-state index contributed by atoms with van der Waals surface area (Å²) in [6.45, 7) is 13.0. The van der Waals surface area contributed by atoms with Crippen molar-refractivity contribution in [2.75, 3.05) is 6.54 Å². The van der Waals surface area contributed by atoms with Crippen molar-refractivity contribution in [1.29, 1.82) is 0 Å². The lowest BCUT2D eigenvalue weighted by atomic mass is 9.91. The van der Waals surface area contributed by atoms with Crippen molar-refractivity contribution < 1.29 is 7.65 Å². The fourth-order valence-corrected chi connectivity index (χ4v) is 4.29. The Balaban J connectivity index is 0.000000697. The number of nitrogens with zero attached hydrogens (tertiary/aromatic N) is 3. The Morgan fingerprint density at radius 3 is 2.53 bits per heavy atom. The van der Waals surface area contributed by atoms with Gasteiger partial charge in [0.2, 0.25) is 0 Å². The minimum absolute atomic E-state index is 0. The minimum atomic E-state index is -0.0923. The van der Waals surface area contributed by atoms with E-state index >= 15 is 0 Å². The number of nitrogens with one attached hydrogen (secondary N) is 2. The van der Waals surface area contributed by atoms with Crippen molar-refractivity contribution in [3.63, 3.8) is 0 Å². The van der Waals surface area contributed by atoms with Gasteiger partial charge in [0.15, 0.2) is 0 Å². The summed E-state index contributed by atoms with van der Waals surface area (Å²) in [6, 6.07) is 7.76. The molecule has 2 aromatic rings. The first-order valence-corrected chi connectivity index (χ1v) is 13.3. The molecule has 2 aromatic heterocycles. The highest BCUT2D eigenvalue weighted by molar-refractivity contribution is 5.96. The zero-order valence-electron chi connectivity index (χ0n) is 22.9. The average molecular weight is 494 g/mol.